The molecule has 0 aliphatic heterocycles. The minimum atomic E-state index is -0.00379. The summed E-state index contributed by atoms with van der Waals surface area (Å²) in [7, 11) is 1.61. The fourth-order valence-corrected chi connectivity index (χ4v) is 1.32. The van der Waals surface area contributed by atoms with E-state index in [1.165, 1.54) is 0 Å². The molecule has 0 aliphatic carbocycles. The molecule has 0 heterocycles. The predicted octanol–water partition coefficient (Wildman–Crippen LogP) is 0.933. The summed E-state index contributed by atoms with van der Waals surface area (Å²) >= 11 is 0. The minimum absolute atomic E-state index is 0.00379. The fourth-order valence-electron chi connectivity index (χ4n) is 1.32. The van der Waals surface area contributed by atoms with Crippen LogP contribution in [-0.2, 0) is 16.0 Å². The second-order valence-electron chi connectivity index (χ2n) is 3.09. The largest absolute Gasteiger partial charge is 0.359 e. The van der Waals surface area contributed by atoms with E-state index >= 15 is 0 Å². The summed E-state index contributed by atoms with van der Waals surface area (Å²) in [5, 5.41) is 5.16. The highest BCUT2D eigenvalue weighted by molar-refractivity contribution is 5.77. The molecule has 1 aromatic carbocycles. The quantitative estimate of drug-likeness (QED) is 0.704. The molecule has 0 aromatic heterocycles. The molecule has 0 bridgehead atoms. The number of rotatable bonds is 5. The van der Waals surface area contributed by atoms with Crippen LogP contribution in [0.3, 0.4) is 0 Å². The van der Waals surface area contributed by atoms with Crippen molar-refractivity contribution < 1.29 is 9.59 Å². The molecular weight excluding hydrogens is 192 g/mol. The third-order valence-corrected chi connectivity index (χ3v) is 2.13. The van der Waals surface area contributed by atoms with Crippen LogP contribution < -0.4 is 10.6 Å². The van der Waals surface area contributed by atoms with E-state index in [-0.39, 0.29) is 5.91 Å². The van der Waals surface area contributed by atoms with Crippen LogP contribution in [-0.4, -0.2) is 19.4 Å². The summed E-state index contributed by atoms with van der Waals surface area (Å²) in [6, 6.07) is 7.44. The Morgan fingerprint density at radius 1 is 1.40 bits per heavy atom. The van der Waals surface area contributed by atoms with Gasteiger partial charge in [0.25, 0.3) is 0 Å². The van der Waals surface area contributed by atoms with Crippen LogP contribution >= 0.6 is 0 Å². The van der Waals surface area contributed by atoms with E-state index in [9.17, 15) is 9.59 Å². The smallest absolute Gasteiger partial charge is 0.220 e. The minimum Gasteiger partial charge on any atom is -0.359 e. The standard InChI is InChI=1S/C11H14N2O2/c1-12-11(15)7-6-9-4-2-3-5-10(9)13-8-14/h2-5,8H,6-7H2,1H3,(H,12,15)(H,13,14). The normalized spacial score (nSPS) is 9.40. The zero-order valence-corrected chi connectivity index (χ0v) is 8.62. The van der Waals surface area contributed by atoms with Crippen LogP contribution in [0.2, 0.25) is 0 Å². The van der Waals surface area contributed by atoms with Crippen molar-refractivity contribution in [3.63, 3.8) is 0 Å². The first kappa shape index (κ1) is 11.2. The van der Waals surface area contributed by atoms with Gasteiger partial charge in [-0.15, -0.1) is 0 Å². The van der Waals surface area contributed by atoms with Crippen molar-refractivity contribution in [2.75, 3.05) is 12.4 Å². The van der Waals surface area contributed by atoms with Crippen molar-refractivity contribution in [1.29, 1.82) is 0 Å². The van der Waals surface area contributed by atoms with Gasteiger partial charge in [-0.3, -0.25) is 9.59 Å². The van der Waals surface area contributed by atoms with Gasteiger partial charge < -0.3 is 10.6 Å². The van der Waals surface area contributed by atoms with Crippen molar-refractivity contribution in [2.45, 2.75) is 12.8 Å². The Balaban J connectivity index is 2.66. The average molecular weight is 206 g/mol. The molecule has 15 heavy (non-hydrogen) atoms. The first-order valence-electron chi connectivity index (χ1n) is 4.76. The predicted molar refractivity (Wildman–Crippen MR) is 58.5 cm³/mol. The number of para-hydroxylation sites is 1. The van der Waals surface area contributed by atoms with E-state index in [1.807, 2.05) is 24.3 Å². The monoisotopic (exact) mass is 206 g/mol. The molecule has 2 N–H and O–H groups in total. The molecule has 4 nitrogen and oxygen atoms in total. The van der Waals surface area contributed by atoms with Crippen molar-refractivity contribution >= 4 is 18.0 Å². The number of carbonyl (C=O) groups is 2. The van der Waals surface area contributed by atoms with Crippen molar-refractivity contribution in [3.05, 3.63) is 29.8 Å². The maximum Gasteiger partial charge on any atom is 0.220 e. The van der Waals surface area contributed by atoms with Crippen LogP contribution in [0.1, 0.15) is 12.0 Å². The lowest BCUT2D eigenvalue weighted by molar-refractivity contribution is -0.120. The number of hydrogen-bond acceptors (Lipinski definition) is 2. The Hall–Kier alpha value is -1.84. The molecule has 4 heteroatoms. The first-order chi connectivity index (χ1) is 7.27. The summed E-state index contributed by atoms with van der Waals surface area (Å²) < 4.78 is 0. The zero-order chi connectivity index (χ0) is 11.1. The number of amides is 2. The van der Waals surface area contributed by atoms with Gasteiger partial charge in [-0.05, 0) is 18.1 Å². The third kappa shape index (κ3) is 3.42. The second kappa shape index (κ2) is 5.80. The molecule has 0 fully saturated rings. The van der Waals surface area contributed by atoms with Gasteiger partial charge in [-0.25, -0.2) is 0 Å². The maximum atomic E-state index is 11.1. The molecule has 2 amide bonds. The maximum absolute atomic E-state index is 11.1. The number of anilines is 1. The highest BCUT2D eigenvalue weighted by Crippen LogP contribution is 2.15. The summed E-state index contributed by atoms with van der Waals surface area (Å²) in [4.78, 5) is 21.4. The van der Waals surface area contributed by atoms with Gasteiger partial charge in [0.05, 0.1) is 0 Å². The molecular formula is C11H14N2O2. The molecule has 0 saturated heterocycles. The highest BCUT2D eigenvalue weighted by Gasteiger charge is 2.03. The Bertz CT molecular complexity index is 350. The van der Waals surface area contributed by atoms with Gasteiger partial charge >= 0.3 is 0 Å². The topological polar surface area (TPSA) is 58.2 Å². The highest BCUT2D eigenvalue weighted by atomic mass is 16.1. The van der Waals surface area contributed by atoms with Crippen LogP contribution in [0.15, 0.2) is 24.3 Å². The molecule has 80 valence electrons. The summed E-state index contributed by atoms with van der Waals surface area (Å²) in [6.45, 7) is 0. The van der Waals surface area contributed by atoms with E-state index in [2.05, 4.69) is 10.6 Å². The molecule has 0 atom stereocenters. The molecule has 0 radical (unpaired) electrons. The molecule has 0 aliphatic rings. The fraction of sp³-hybridized carbons (Fsp3) is 0.273. The third-order valence-electron chi connectivity index (χ3n) is 2.13. The first-order valence-corrected chi connectivity index (χ1v) is 4.76. The molecule has 0 spiro atoms. The van der Waals surface area contributed by atoms with Gasteiger partial charge in [0.15, 0.2) is 0 Å². The van der Waals surface area contributed by atoms with Crippen LogP contribution in [0.25, 0.3) is 0 Å². The Morgan fingerprint density at radius 2 is 2.13 bits per heavy atom. The van der Waals surface area contributed by atoms with E-state index < -0.39 is 0 Å². The Morgan fingerprint density at radius 3 is 2.80 bits per heavy atom. The Labute approximate surface area is 88.7 Å². The van der Waals surface area contributed by atoms with Crippen molar-refractivity contribution in [2.24, 2.45) is 0 Å². The van der Waals surface area contributed by atoms with E-state index in [0.717, 1.165) is 11.3 Å². The Kier molecular flexibility index (Phi) is 4.34. The SMILES string of the molecule is CNC(=O)CCc1ccccc1NC=O. The summed E-state index contributed by atoms with van der Waals surface area (Å²) in [5.74, 6) is -0.00379. The second-order valence-corrected chi connectivity index (χ2v) is 3.09. The van der Waals surface area contributed by atoms with Gasteiger partial charge in [0.2, 0.25) is 12.3 Å². The lowest BCUT2D eigenvalue weighted by atomic mass is 10.1. The summed E-state index contributed by atoms with van der Waals surface area (Å²) in [6.07, 6.45) is 1.68. The molecule has 1 aromatic rings. The van der Waals surface area contributed by atoms with Gasteiger partial charge in [0.1, 0.15) is 0 Å². The van der Waals surface area contributed by atoms with Crippen LogP contribution in [0, 0.1) is 0 Å². The lowest BCUT2D eigenvalue weighted by Crippen LogP contribution is -2.18. The van der Waals surface area contributed by atoms with Crippen molar-refractivity contribution in [1.82, 2.24) is 5.32 Å². The number of carbonyl (C=O) groups excluding carboxylic acids is 2. The zero-order valence-electron chi connectivity index (χ0n) is 8.62. The average Bonchev–Trinajstić information content (AvgIpc) is 2.28. The van der Waals surface area contributed by atoms with E-state index in [4.69, 9.17) is 0 Å². The number of benzene rings is 1. The van der Waals surface area contributed by atoms with Gasteiger partial charge in [-0.2, -0.15) is 0 Å². The number of aryl methyl sites for hydroxylation is 1. The van der Waals surface area contributed by atoms with Gasteiger partial charge in [-0.1, -0.05) is 18.2 Å². The lowest BCUT2D eigenvalue weighted by Gasteiger charge is -2.07. The molecule has 1 rings (SSSR count). The number of hydrogen-bond donors (Lipinski definition) is 2. The molecule has 0 unspecified atom stereocenters. The number of nitrogens with one attached hydrogen (secondary N) is 2. The van der Waals surface area contributed by atoms with Gasteiger partial charge in [0, 0.05) is 19.2 Å². The van der Waals surface area contributed by atoms with E-state index in [1.54, 1.807) is 7.05 Å². The summed E-state index contributed by atoms with van der Waals surface area (Å²) in [5.41, 5.74) is 1.73. The van der Waals surface area contributed by atoms with E-state index in [0.29, 0.717) is 19.3 Å². The molecule has 0 saturated carbocycles. The van der Waals surface area contributed by atoms with Crippen LogP contribution in [0.5, 0.6) is 0 Å². The van der Waals surface area contributed by atoms with Crippen LogP contribution in [0.4, 0.5) is 5.69 Å². The van der Waals surface area contributed by atoms with Crippen molar-refractivity contribution in [3.8, 4) is 0 Å².